The number of thiophene rings is 1. The van der Waals surface area contributed by atoms with Crippen LogP contribution in [0.3, 0.4) is 0 Å². The van der Waals surface area contributed by atoms with Crippen LogP contribution in [0.2, 0.25) is 0 Å². The van der Waals surface area contributed by atoms with Crippen LogP contribution in [0.25, 0.3) is 10.1 Å². The van der Waals surface area contributed by atoms with E-state index in [1.54, 1.807) is 11.3 Å². The van der Waals surface area contributed by atoms with Crippen LogP contribution in [0.5, 0.6) is 0 Å². The molecule has 0 spiro atoms. The lowest BCUT2D eigenvalue weighted by molar-refractivity contribution is 0.626. The number of benzene rings is 2. The van der Waals surface area contributed by atoms with Gasteiger partial charge in [-0.2, -0.15) is 0 Å². The molecule has 0 aliphatic rings. The van der Waals surface area contributed by atoms with Gasteiger partial charge in [0.05, 0.1) is 0 Å². The molecule has 2 aromatic carbocycles. The molecule has 0 bridgehead atoms. The highest BCUT2D eigenvalue weighted by atomic mass is 32.1. The lowest BCUT2D eigenvalue weighted by Gasteiger charge is -2.15. The maximum absolute atomic E-state index is 12.9. The highest BCUT2D eigenvalue weighted by molar-refractivity contribution is 7.17. The summed E-state index contributed by atoms with van der Waals surface area (Å²) < 4.78 is 14.2. The zero-order valence-corrected chi connectivity index (χ0v) is 11.4. The predicted octanol–water partition coefficient (Wildman–Crippen LogP) is 5.21. The zero-order chi connectivity index (χ0) is 13.2. The van der Waals surface area contributed by atoms with Gasteiger partial charge in [-0.1, -0.05) is 12.1 Å². The fourth-order valence-corrected chi connectivity index (χ4v) is 2.91. The molecule has 0 radical (unpaired) electrons. The quantitative estimate of drug-likeness (QED) is 0.689. The Morgan fingerprint density at radius 3 is 2.63 bits per heavy atom. The van der Waals surface area contributed by atoms with E-state index in [9.17, 15) is 4.39 Å². The maximum atomic E-state index is 12.9. The Bertz CT molecular complexity index is 687. The topological polar surface area (TPSA) is 12.0 Å². The summed E-state index contributed by atoms with van der Waals surface area (Å²) in [5, 5.41) is 6.79. The monoisotopic (exact) mass is 271 g/mol. The van der Waals surface area contributed by atoms with Gasteiger partial charge in [0.25, 0.3) is 0 Å². The van der Waals surface area contributed by atoms with Crippen molar-refractivity contribution in [1.29, 1.82) is 0 Å². The molecular weight excluding hydrogens is 257 g/mol. The minimum atomic E-state index is -0.198. The molecule has 1 aromatic heterocycles. The predicted molar refractivity (Wildman–Crippen MR) is 80.3 cm³/mol. The molecule has 0 saturated carbocycles. The molecule has 3 heteroatoms. The summed E-state index contributed by atoms with van der Waals surface area (Å²) >= 11 is 1.74. The van der Waals surface area contributed by atoms with Gasteiger partial charge in [0.2, 0.25) is 0 Å². The lowest BCUT2D eigenvalue weighted by atomic mass is 10.1. The van der Waals surface area contributed by atoms with E-state index in [0.717, 1.165) is 11.3 Å². The van der Waals surface area contributed by atoms with E-state index in [0.29, 0.717) is 0 Å². The van der Waals surface area contributed by atoms with Gasteiger partial charge in [-0.05, 0) is 59.7 Å². The third-order valence-corrected chi connectivity index (χ3v) is 4.10. The third-order valence-electron chi connectivity index (χ3n) is 3.21. The summed E-state index contributed by atoms with van der Waals surface area (Å²) in [6, 6.07) is 15.2. The highest BCUT2D eigenvalue weighted by Gasteiger charge is 2.06. The largest absolute Gasteiger partial charge is 0.379 e. The first kappa shape index (κ1) is 12.2. The Hall–Kier alpha value is -1.87. The number of rotatable bonds is 3. The summed E-state index contributed by atoms with van der Waals surface area (Å²) in [7, 11) is 0. The smallest absolute Gasteiger partial charge is 0.123 e. The normalized spacial score (nSPS) is 12.5. The van der Waals surface area contributed by atoms with Gasteiger partial charge in [0.15, 0.2) is 0 Å². The van der Waals surface area contributed by atoms with Gasteiger partial charge in [-0.3, -0.25) is 0 Å². The van der Waals surface area contributed by atoms with Crippen LogP contribution in [0.1, 0.15) is 18.5 Å². The first-order chi connectivity index (χ1) is 9.22. The summed E-state index contributed by atoms with van der Waals surface area (Å²) in [6.45, 7) is 2.07. The van der Waals surface area contributed by atoms with Crippen molar-refractivity contribution in [3.63, 3.8) is 0 Å². The van der Waals surface area contributed by atoms with Crippen LogP contribution >= 0.6 is 11.3 Å². The van der Waals surface area contributed by atoms with Crippen LogP contribution < -0.4 is 5.32 Å². The molecule has 96 valence electrons. The van der Waals surface area contributed by atoms with E-state index in [1.807, 2.05) is 12.1 Å². The van der Waals surface area contributed by atoms with Crippen LogP contribution in [0.4, 0.5) is 10.1 Å². The van der Waals surface area contributed by atoms with Crippen LogP contribution in [-0.4, -0.2) is 0 Å². The van der Waals surface area contributed by atoms with Gasteiger partial charge in [0, 0.05) is 16.4 Å². The molecule has 3 aromatic rings. The number of hydrogen-bond donors (Lipinski definition) is 1. The second kappa shape index (κ2) is 5.02. The minimum Gasteiger partial charge on any atom is -0.379 e. The zero-order valence-electron chi connectivity index (χ0n) is 10.6. The van der Waals surface area contributed by atoms with Crippen molar-refractivity contribution in [3.05, 3.63) is 65.3 Å². The fourth-order valence-electron chi connectivity index (χ4n) is 2.14. The number of fused-ring (bicyclic) bond motifs is 1. The maximum Gasteiger partial charge on any atom is 0.123 e. The number of nitrogens with one attached hydrogen (secondary N) is 1. The standard InChI is InChI=1S/C16H14FNS/c1-11(12-2-4-14(17)5-3-12)18-15-6-7-16-13(10-15)8-9-19-16/h2-11,18H,1H3. The van der Waals surface area contributed by atoms with Crippen LogP contribution in [-0.2, 0) is 0 Å². The first-order valence-corrected chi connectivity index (χ1v) is 7.09. The minimum absolute atomic E-state index is 0.150. The van der Waals surface area contributed by atoms with Crippen molar-refractivity contribution < 1.29 is 4.39 Å². The fraction of sp³-hybridized carbons (Fsp3) is 0.125. The van der Waals surface area contributed by atoms with E-state index < -0.39 is 0 Å². The summed E-state index contributed by atoms with van der Waals surface area (Å²) in [5.74, 6) is -0.198. The van der Waals surface area contributed by atoms with E-state index in [2.05, 4.69) is 41.9 Å². The molecule has 1 heterocycles. The van der Waals surface area contributed by atoms with Crippen molar-refractivity contribution in [2.75, 3.05) is 5.32 Å². The lowest BCUT2D eigenvalue weighted by Crippen LogP contribution is -2.06. The molecule has 0 fully saturated rings. The van der Waals surface area contributed by atoms with Gasteiger partial charge in [-0.15, -0.1) is 11.3 Å². The van der Waals surface area contributed by atoms with Gasteiger partial charge in [0.1, 0.15) is 5.82 Å². The molecule has 0 aliphatic carbocycles. The SMILES string of the molecule is CC(Nc1ccc2sccc2c1)c1ccc(F)cc1. The molecule has 0 amide bonds. The van der Waals surface area contributed by atoms with Crippen molar-refractivity contribution in [2.45, 2.75) is 13.0 Å². The molecule has 1 N–H and O–H groups in total. The second-order valence-electron chi connectivity index (χ2n) is 4.59. The summed E-state index contributed by atoms with van der Waals surface area (Å²) in [6.07, 6.45) is 0. The summed E-state index contributed by atoms with van der Waals surface area (Å²) in [4.78, 5) is 0. The molecule has 3 rings (SSSR count). The van der Waals surface area contributed by atoms with Crippen molar-refractivity contribution in [3.8, 4) is 0 Å². The number of halogens is 1. The van der Waals surface area contributed by atoms with Crippen LogP contribution in [0.15, 0.2) is 53.9 Å². The van der Waals surface area contributed by atoms with E-state index in [1.165, 1.54) is 22.2 Å². The molecule has 1 nitrogen and oxygen atoms in total. The third kappa shape index (κ3) is 2.61. The van der Waals surface area contributed by atoms with Crippen LogP contribution in [0, 0.1) is 5.82 Å². The average Bonchev–Trinajstić information content (AvgIpc) is 2.87. The molecule has 1 unspecified atom stereocenters. The van der Waals surface area contributed by atoms with Crippen molar-refractivity contribution in [1.82, 2.24) is 0 Å². The number of anilines is 1. The molecule has 0 saturated heterocycles. The molecule has 19 heavy (non-hydrogen) atoms. The summed E-state index contributed by atoms with van der Waals surface area (Å²) in [5.41, 5.74) is 2.16. The van der Waals surface area contributed by atoms with E-state index >= 15 is 0 Å². The Morgan fingerprint density at radius 2 is 1.84 bits per heavy atom. The highest BCUT2D eigenvalue weighted by Crippen LogP contribution is 2.26. The first-order valence-electron chi connectivity index (χ1n) is 6.21. The van der Waals surface area contributed by atoms with E-state index in [-0.39, 0.29) is 11.9 Å². The van der Waals surface area contributed by atoms with Gasteiger partial charge >= 0.3 is 0 Å². The van der Waals surface area contributed by atoms with Gasteiger partial charge in [-0.25, -0.2) is 4.39 Å². The Morgan fingerprint density at radius 1 is 1.05 bits per heavy atom. The molecule has 0 aliphatic heterocycles. The number of hydrogen-bond acceptors (Lipinski definition) is 2. The van der Waals surface area contributed by atoms with Crippen molar-refractivity contribution >= 4 is 27.1 Å². The van der Waals surface area contributed by atoms with E-state index in [4.69, 9.17) is 0 Å². The Balaban J connectivity index is 1.81. The van der Waals surface area contributed by atoms with Gasteiger partial charge < -0.3 is 5.32 Å². The Kier molecular flexibility index (Phi) is 3.22. The Labute approximate surface area is 115 Å². The van der Waals surface area contributed by atoms with Crippen molar-refractivity contribution in [2.24, 2.45) is 0 Å². The molecule has 1 atom stereocenters. The molecular formula is C16H14FNS. The average molecular weight is 271 g/mol. The second-order valence-corrected chi connectivity index (χ2v) is 5.54.